The molecule has 2 aromatic rings. The van der Waals surface area contributed by atoms with Crippen LogP contribution in [0, 0.1) is 0 Å². The van der Waals surface area contributed by atoms with Gasteiger partial charge < -0.3 is 5.32 Å². The standard InChI is InChI=1S/C17H22N2S/c1-3-11-18-13(2)15-12-19-16(20-15)17(9-10-17)14-7-5-4-6-8-14/h4-8,12-13,18H,3,9-11H2,1-2H3. The predicted octanol–water partition coefficient (Wildman–Crippen LogP) is 4.28. The summed E-state index contributed by atoms with van der Waals surface area (Å²) in [7, 11) is 0. The molecule has 1 aromatic carbocycles. The molecule has 3 heteroatoms. The number of hydrogen-bond acceptors (Lipinski definition) is 3. The van der Waals surface area contributed by atoms with E-state index in [-0.39, 0.29) is 5.41 Å². The van der Waals surface area contributed by atoms with Crippen LogP contribution < -0.4 is 5.32 Å². The SMILES string of the molecule is CCCNC(C)c1cnc(C2(c3ccccc3)CC2)s1. The van der Waals surface area contributed by atoms with Gasteiger partial charge in [-0.15, -0.1) is 11.3 Å². The number of rotatable bonds is 6. The summed E-state index contributed by atoms with van der Waals surface area (Å²) < 4.78 is 0. The molecule has 1 aromatic heterocycles. The molecule has 0 saturated heterocycles. The van der Waals surface area contributed by atoms with Crippen LogP contribution in [0.3, 0.4) is 0 Å². The summed E-state index contributed by atoms with van der Waals surface area (Å²) in [5.74, 6) is 0. The first-order valence-corrected chi connectivity index (χ1v) is 8.33. The molecule has 3 rings (SSSR count). The molecule has 1 heterocycles. The summed E-state index contributed by atoms with van der Waals surface area (Å²) in [6, 6.07) is 11.3. The van der Waals surface area contributed by atoms with Gasteiger partial charge in [0.2, 0.25) is 0 Å². The van der Waals surface area contributed by atoms with Crippen LogP contribution in [-0.4, -0.2) is 11.5 Å². The van der Waals surface area contributed by atoms with Crippen LogP contribution in [0.25, 0.3) is 0 Å². The lowest BCUT2D eigenvalue weighted by Crippen LogP contribution is -2.18. The van der Waals surface area contributed by atoms with Gasteiger partial charge in [-0.25, -0.2) is 4.98 Å². The monoisotopic (exact) mass is 286 g/mol. The van der Waals surface area contributed by atoms with E-state index in [0.29, 0.717) is 6.04 Å². The van der Waals surface area contributed by atoms with E-state index in [2.05, 4.69) is 55.7 Å². The molecule has 1 fully saturated rings. The smallest absolute Gasteiger partial charge is 0.103 e. The van der Waals surface area contributed by atoms with E-state index in [0.717, 1.165) is 6.54 Å². The maximum absolute atomic E-state index is 4.73. The Bertz CT molecular complexity index is 557. The zero-order valence-corrected chi connectivity index (χ0v) is 13.0. The topological polar surface area (TPSA) is 24.9 Å². The van der Waals surface area contributed by atoms with E-state index in [4.69, 9.17) is 4.98 Å². The maximum atomic E-state index is 4.73. The lowest BCUT2D eigenvalue weighted by Gasteiger charge is -2.13. The normalized spacial score (nSPS) is 17.9. The maximum Gasteiger partial charge on any atom is 0.103 e. The van der Waals surface area contributed by atoms with Crippen molar-refractivity contribution in [3.05, 3.63) is 52.0 Å². The van der Waals surface area contributed by atoms with Crippen molar-refractivity contribution in [2.75, 3.05) is 6.54 Å². The van der Waals surface area contributed by atoms with Crippen molar-refractivity contribution in [2.45, 2.75) is 44.6 Å². The van der Waals surface area contributed by atoms with Crippen molar-refractivity contribution in [1.29, 1.82) is 0 Å². The Morgan fingerprint density at radius 2 is 2.05 bits per heavy atom. The fraction of sp³-hybridized carbons (Fsp3) is 0.471. The number of benzene rings is 1. The van der Waals surface area contributed by atoms with Crippen molar-refractivity contribution >= 4 is 11.3 Å². The van der Waals surface area contributed by atoms with Gasteiger partial charge in [-0.05, 0) is 38.3 Å². The molecule has 106 valence electrons. The third-order valence-electron chi connectivity index (χ3n) is 4.14. The second-order valence-corrected chi connectivity index (χ2v) is 6.75. The Morgan fingerprint density at radius 1 is 1.30 bits per heavy atom. The highest BCUT2D eigenvalue weighted by Gasteiger charge is 2.48. The van der Waals surface area contributed by atoms with Gasteiger partial charge >= 0.3 is 0 Å². The highest BCUT2D eigenvalue weighted by molar-refractivity contribution is 7.11. The van der Waals surface area contributed by atoms with Gasteiger partial charge in [0.25, 0.3) is 0 Å². The third kappa shape index (κ3) is 2.52. The second-order valence-electron chi connectivity index (χ2n) is 5.69. The van der Waals surface area contributed by atoms with Crippen LogP contribution in [0.1, 0.15) is 54.6 Å². The zero-order valence-electron chi connectivity index (χ0n) is 12.2. The molecule has 0 radical (unpaired) electrons. The average molecular weight is 286 g/mol. The zero-order chi connectivity index (χ0) is 14.0. The first-order chi connectivity index (χ1) is 9.76. The number of nitrogens with one attached hydrogen (secondary N) is 1. The van der Waals surface area contributed by atoms with Gasteiger partial charge in [0.1, 0.15) is 5.01 Å². The van der Waals surface area contributed by atoms with Gasteiger partial charge in [0.05, 0.1) is 0 Å². The molecular formula is C17H22N2S. The number of hydrogen-bond donors (Lipinski definition) is 1. The minimum absolute atomic E-state index is 0.217. The predicted molar refractivity (Wildman–Crippen MR) is 85.3 cm³/mol. The van der Waals surface area contributed by atoms with E-state index in [1.54, 1.807) is 0 Å². The van der Waals surface area contributed by atoms with Crippen molar-refractivity contribution in [1.82, 2.24) is 10.3 Å². The molecule has 0 amide bonds. The first-order valence-electron chi connectivity index (χ1n) is 7.51. The van der Waals surface area contributed by atoms with E-state index in [1.165, 1.54) is 34.7 Å². The lowest BCUT2D eigenvalue weighted by atomic mass is 9.97. The molecule has 20 heavy (non-hydrogen) atoms. The van der Waals surface area contributed by atoms with Gasteiger partial charge in [-0.3, -0.25) is 0 Å². The van der Waals surface area contributed by atoms with E-state index in [9.17, 15) is 0 Å². The molecule has 0 spiro atoms. The van der Waals surface area contributed by atoms with Crippen LogP contribution in [0.15, 0.2) is 36.5 Å². The van der Waals surface area contributed by atoms with E-state index >= 15 is 0 Å². The molecule has 1 N–H and O–H groups in total. The van der Waals surface area contributed by atoms with Crippen LogP contribution in [0.2, 0.25) is 0 Å². The summed E-state index contributed by atoms with van der Waals surface area (Å²) in [6.45, 7) is 5.50. The summed E-state index contributed by atoms with van der Waals surface area (Å²) in [6.07, 6.45) is 5.71. The second kappa shape index (κ2) is 5.66. The minimum Gasteiger partial charge on any atom is -0.309 e. The molecule has 1 saturated carbocycles. The Labute approximate surface area is 125 Å². The average Bonchev–Trinajstić information content (AvgIpc) is 3.16. The van der Waals surface area contributed by atoms with Gasteiger partial charge in [0, 0.05) is 22.5 Å². The number of thiazole rings is 1. The van der Waals surface area contributed by atoms with Gasteiger partial charge in [-0.1, -0.05) is 37.3 Å². The molecule has 1 aliphatic rings. The molecule has 1 atom stereocenters. The summed E-state index contributed by atoms with van der Waals surface area (Å²) in [4.78, 5) is 6.09. The van der Waals surface area contributed by atoms with Crippen molar-refractivity contribution in [2.24, 2.45) is 0 Å². The first kappa shape index (κ1) is 13.8. The molecule has 0 bridgehead atoms. The Kier molecular flexibility index (Phi) is 3.90. The molecule has 2 nitrogen and oxygen atoms in total. The van der Waals surface area contributed by atoms with Crippen molar-refractivity contribution < 1.29 is 0 Å². The van der Waals surface area contributed by atoms with E-state index < -0.39 is 0 Å². The summed E-state index contributed by atoms with van der Waals surface area (Å²) >= 11 is 1.88. The Morgan fingerprint density at radius 3 is 2.70 bits per heavy atom. The minimum atomic E-state index is 0.217. The molecule has 0 aliphatic heterocycles. The quantitative estimate of drug-likeness (QED) is 0.857. The molecule has 1 aliphatic carbocycles. The fourth-order valence-corrected chi connectivity index (χ4v) is 3.89. The highest BCUT2D eigenvalue weighted by Crippen LogP contribution is 2.54. The molecular weight excluding hydrogens is 264 g/mol. The van der Waals surface area contributed by atoms with Crippen molar-refractivity contribution in [3.63, 3.8) is 0 Å². The number of nitrogens with zero attached hydrogens (tertiary/aromatic N) is 1. The lowest BCUT2D eigenvalue weighted by molar-refractivity contribution is 0.577. The van der Waals surface area contributed by atoms with Gasteiger partial charge in [-0.2, -0.15) is 0 Å². The summed E-state index contributed by atoms with van der Waals surface area (Å²) in [5.41, 5.74) is 1.64. The van der Waals surface area contributed by atoms with E-state index in [1.807, 2.05) is 11.3 Å². The van der Waals surface area contributed by atoms with Crippen molar-refractivity contribution in [3.8, 4) is 0 Å². The highest BCUT2D eigenvalue weighted by atomic mass is 32.1. The number of aromatic nitrogens is 1. The fourth-order valence-electron chi connectivity index (χ4n) is 2.68. The largest absolute Gasteiger partial charge is 0.309 e. The third-order valence-corrected chi connectivity index (χ3v) is 5.52. The van der Waals surface area contributed by atoms with Crippen LogP contribution >= 0.6 is 11.3 Å². The Balaban J connectivity index is 1.80. The summed E-state index contributed by atoms with van der Waals surface area (Å²) in [5, 5.41) is 4.84. The molecule has 1 unspecified atom stereocenters. The van der Waals surface area contributed by atoms with Crippen LogP contribution in [0.4, 0.5) is 0 Å². The van der Waals surface area contributed by atoms with Crippen LogP contribution in [-0.2, 0) is 5.41 Å². The van der Waals surface area contributed by atoms with Gasteiger partial charge in [0.15, 0.2) is 0 Å². The van der Waals surface area contributed by atoms with Crippen LogP contribution in [0.5, 0.6) is 0 Å². The Hall–Kier alpha value is -1.19.